The molecule has 1 atom stereocenters. The second-order valence-corrected chi connectivity index (χ2v) is 9.64. The number of aryl methyl sites for hydroxylation is 1. The van der Waals surface area contributed by atoms with Crippen molar-refractivity contribution in [1.29, 1.82) is 0 Å². The zero-order chi connectivity index (χ0) is 27.9. The van der Waals surface area contributed by atoms with Crippen LogP contribution < -0.4 is 10.9 Å². The molecule has 10 nitrogen and oxygen atoms in total. The first-order valence-electron chi connectivity index (χ1n) is 12.7. The van der Waals surface area contributed by atoms with E-state index >= 15 is 0 Å². The molecule has 1 amide bonds. The first kappa shape index (κ1) is 28.0. The van der Waals surface area contributed by atoms with E-state index in [0.717, 1.165) is 5.56 Å². The highest BCUT2D eigenvalue weighted by Gasteiger charge is 2.28. The Morgan fingerprint density at radius 2 is 1.87 bits per heavy atom. The summed E-state index contributed by atoms with van der Waals surface area (Å²) in [4.78, 5) is 44.7. The molecule has 0 bridgehead atoms. The molecular weight excluding hydrogens is 522 g/mol. The van der Waals surface area contributed by atoms with E-state index in [1.165, 1.54) is 0 Å². The molecule has 204 valence electrons. The van der Waals surface area contributed by atoms with Crippen molar-refractivity contribution in [3.05, 3.63) is 92.6 Å². The number of halogens is 1. The van der Waals surface area contributed by atoms with Crippen molar-refractivity contribution >= 4 is 34.6 Å². The number of aromatic nitrogens is 3. The number of rotatable bonds is 12. The fraction of sp³-hybridized carbons (Fsp3) is 0.321. The van der Waals surface area contributed by atoms with E-state index in [4.69, 9.17) is 26.2 Å². The molecule has 11 heteroatoms. The van der Waals surface area contributed by atoms with Gasteiger partial charge in [-0.3, -0.25) is 19.1 Å². The zero-order valence-corrected chi connectivity index (χ0v) is 22.5. The second kappa shape index (κ2) is 12.7. The van der Waals surface area contributed by atoms with Gasteiger partial charge < -0.3 is 14.9 Å². The maximum atomic E-state index is 13.7. The molecule has 1 unspecified atom stereocenters. The fourth-order valence-electron chi connectivity index (χ4n) is 4.60. The highest BCUT2D eigenvalue weighted by molar-refractivity contribution is 6.30. The van der Waals surface area contributed by atoms with Crippen LogP contribution in [0.15, 0.2) is 63.9 Å². The largest absolute Gasteiger partial charge is 0.465 e. The number of ketones is 1. The summed E-state index contributed by atoms with van der Waals surface area (Å²) < 4.78 is 7.01. The molecule has 2 aromatic carbocycles. The number of hydrogen-bond acceptors (Lipinski definition) is 7. The lowest BCUT2D eigenvalue weighted by Gasteiger charge is -2.31. The molecule has 39 heavy (non-hydrogen) atoms. The van der Waals surface area contributed by atoms with Crippen LogP contribution in [0.25, 0.3) is 11.1 Å². The van der Waals surface area contributed by atoms with Crippen molar-refractivity contribution in [2.24, 2.45) is 0 Å². The van der Waals surface area contributed by atoms with Gasteiger partial charge in [0.25, 0.3) is 11.3 Å². The number of carbonyl (C=O) groups excluding carboxylic acids is 1. The van der Waals surface area contributed by atoms with Gasteiger partial charge in [-0.2, -0.15) is 4.98 Å². The molecule has 0 saturated heterocycles. The number of amides is 1. The first-order valence-corrected chi connectivity index (χ1v) is 13.1. The van der Waals surface area contributed by atoms with Crippen LogP contribution in [-0.2, 0) is 6.54 Å². The molecule has 4 rings (SSSR count). The fourth-order valence-corrected chi connectivity index (χ4v) is 4.72. The molecule has 0 aliphatic heterocycles. The van der Waals surface area contributed by atoms with Gasteiger partial charge in [-0.15, -0.1) is 0 Å². The Morgan fingerprint density at radius 1 is 1.15 bits per heavy atom. The van der Waals surface area contributed by atoms with Gasteiger partial charge in [0, 0.05) is 23.7 Å². The van der Waals surface area contributed by atoms with Crippen molar-refractivity contribution in [3.63, 3.8) is 0 Å². The lowest BCUT2D eigenvalue weighted by Crippen LogP contribution is -2.39. The Balaban J connectivity index is 1.76. The lowest BCUT2D eigenvalue weighted by atomic mass is 10.1. The molecule has 0 spiro atoms. The average Bonchev–Trinajstić information content (AvgIpc) is 3.30. The SMILES string of the molecule is CCC(c1nc2onc(C)c2c(=O)n1Cc1ccccc1)N(CCCNC(=O)O)CC(=O)c1ccc(Cl)cc1. The molecule has 0 fully saturated rings. The molecule has 0 radical (unpaired) electrons. The lowest BCUT2D eigenvalue weighted by molar-refractivity contribution is 0.0875. The maximum Gasteiger partial charge on any atom is 0.404 e. The maximum absolute atomic E-state index is 13.7. The van der Waals surface area contributed by atoms with Crippen molar-refractivity contribution in [2.75, 3.05) is 19.6 Å². The first-order chi connectivity index (χ1) is 18.8. The number of carboxylic acid groups (broad SMARTS) is 1. The third-order valence-corrected chi connectivity index (χ3v) is 6.77. The molecule has 2 N–H and O–H groups in total. The number of nitrogens with zero attached hydrogens (tertiary/aromatic N) is 4. The summed E-state index contributed by atoms with van der Waals surface area (Å²) in [6.45, 7) is 4.55. The van der Waals surface area contributed by atoms with Gasteiger partial charge in [0.05, 0.1) is 24.8 Å². The predicted octanol–water partition coefficient (Wildman–Crippen LogP) is 4.69. The predicted molar refractivity (Wildman–Crippen MR) is 147 cm³/mol. The summed E-state index contributed by atoms with van der Waals surface area (Å²) >= 11 is 6.00. The van der Waals surface area contributed by atoms with Crippen molar-refractivity contribution in [1.82, 2.24) is 24.9 Å². The van der Waals surface area contributed by atoms with Gasteiger partial charge >= 0.3 is 6.09 Å². The van der Waals surface area contributed by atoms with E-state index in [1.807, 2.05) is 42.2 Å². The minimum atomic E-state index is -1.12. The van der Waals surface area contributed by atoms with Crippen LogP contribution >= 0.6 is 11.6 Å². The Hall–Kier alpha value is -4.02. The summed E-state index contributed by atoms with van der Waals surface area (Å²) in [5, 5.41) is 16.2. The van der Waals surface area contributed by atoms with Crippen LogP contribution in [0.5, 0.6) is 0 Å². The van der Waals surface area contributed by atoms with Crippen LogP contribution in [0.2, 0.25) is 5.02 Å². The quantitative estimate of drug-likeness (QED) is 0.191. The van der Waals surface area contributed by atoms with Gasteiger partial charge in [-0.05, 0) is 49.6 Å². The molecule has 2 heterocycles. The second-order valence-electron chi connectivity index (χ2n) is 9.21. The molecule has 4 aromatic rings. The average molecular weight is 552 g/mol. The van der Waals surface area contributed by atoms with Crippen molar-refractivity contribution in [3.8, 4) is 0 Å². The smallest absolute Gasteiger partial charge is 0.404 e. The summed E-state index contributed by atoms with van der Waals surface area (Å²) in [6.07, 6.45) is -0.140. The number of Topliss-reactive ketones (excluding diaryl/α,β-unsaturated/α-hetero) is 1. The summed E-state index contributed by atoms with van der Waals surface area (Å²) in [5.41, 5.74) is 1.75. The number of benzene rings is 2. The Bertz CT molecular complexity index is 1500. The highest BCUT2D eigenvalue weighted by atomic mass is 35.5. The molecule has 0 aliphatic rings. The van der Waals surface area contributed by atoms with Crippen LogP contribution in [0.1, 0.15) is 53.2 Å². The topological polar surface area (TPSA) is 131 Å². The van der Waals surface area contributed by atoms with Gasteiger partial charge in [-0.1, -0.05) is 54.0 Å². The van der Waals surface area contributed by atoms with Crippen LogP contribution in [0, 0.1) is 6.92 Å². The molecule has 0 saturated carbocycles. The van der Waals surface area contributed by atoms with E-state index in [9.17, 15) is 14.4 Å². The van der Waals surface area contributed by atoms with Gasteiger partial charge in [0.1, 0.15) is 11.2 Å². The van der Waals surface area contributed by atoms with E-state index in [-0.39, 0.29) is 36.7 Å². The number of fused-ring (bicyclic) bond motifs is 1. The van der Waals surface area contributed by atoms with E-state index in [0.29, 0.717) is 46.9 Å². The molecular formula is C28H30ClN5O5. The van der Waals surface area contributed by atoms with Crippen LogP contribution in [0.3, 0.4) is 0 Å². The van der Waals surface area contributed by atoms with Crippen LogP contribution in [-0.4, -0.2) is 56.2 Å². The third-order valence-electron chi connectivity index (χ3n) is 6.52. The summed E-state index contributed by atoms with van der Waals surface area (Å²) in [6, 6.07) is 15.8. The van der Waals surface area contributed by atoms with E-state index in [1.54, 1.807) is 35.8 Å². The Kier molecular flexibility index (Phi) is 9.11. The number of carbonyl (C=O) groups is 2. The standard InChI is InChI=1S/C28H30ClN5O5/c1-3-22(33(15-7-14-30-28(37)38)17-23(35)20-10-12-21(29)13-11-20)25-31-26-24(18(2)32-39-26)27(36)34(25)16-19-8-5-4-6-9-19/h4-6,8-13,22,30H,3,7,14-17H2,1-2H3,(H,37,38). The van der Waals surface area contributed by atoms with E-state index in [2.05, 4.69) is 10.5 Å². The minimum Gasteiger partial charge on any atom is -0.465 e. The van der Waals surface area contributed by atoms with Crippen molar-refractivity contribution in [2.45, 2.75) is 39.3 Å². The highest BCUT2D eigenvalue weighted by Crippen LogP contribution is 2.26. The molecule has 2 aromatic heterocycles. The van der Waals surface area contributed by atoms with Crippen LogP contribution in [0.4, 0.5) is 4.79 Å². The molecule has 0 aliphatic carbocycles. The number of nitrogens with one attached hydrogen (secondary N) is 1. The van der Waals surface area contributed by atoms with Gasteiger partial charge in [0.15, 0.2) is 5.78 Å². The minimum absolute atomic E-state index is 0.0297. The monoisotopic (exact) mass is 551 g/mol. The normalized spacial score (nSPS) is 12.1. The zero-order valence-electron chi connectivity index (χ0n) is 21.8. The van der Waals surface area contributed by atoms with Gasteiger partial charge in [0.2, 0.25) is 0 Å². The summed E-state index contributed by atoms with van der Waals surface area (Å²) in [5.74, 6) is 0.315. The summed E-state index contributed by atoms with van der Waals surface area (Å²) in [7, 11) is 0. The Morgan fingerprint density at radius 3 is 2.54 bits per heavy atom. The third kappa shape index (κ3) is 6.71. The van der Waals surface area contributed by atoms with Crippen molar-refractivity contribution < 1.29 is 19.2 Å². The number of hydrogen-bond donors (Lipinski definition) is 2. The Labute approximate surface area is 230 Å². The van der Waals surface area contributed by atoms with E-state index < -0.39 is 12.1 Å². The van der Waals surface area contributed by atoms with Gasteiger partial charge in [-0.25, -0.2) is 4.79 Å².